The van der Waals surface area contributed by atoms with Gasteiger partial charge in [0.15, 0.2) is 0 Å². The summed E-state index contributed by atoms with van der Waals surface area (Å²) < 4.78 is 27.6. The van der Waals surface area contributed by atoms with Crippen molar-refractivity contribution in [2.75, 3.05) is 23.7 Å². The van der Waals surface area contributed by atoms with Crippen LogP contribution in [0.4, 0.5) is 5.69 Å². The number of aryl methyl sites for hydroxylation is 1. The number of nitrogens with zero attached hydrogens (tertiary/aromatic N) is 2. The van der Waals surface area contributed by atoms with E-state index in [-0.39, 0.29) is 18.9 Å². The van der Waals surface area contributed by atoms with Crippen molar-refractivity contribution >= 4 is 66.7 Å². The van der Waals surface area contributed by atoms with Gasteiger partial charge in [0, 0.05) is 24.0 Å². The third kappa shape index (κ3) is 8.45. The van der Waals surface area contributed by atoms with Crippen LogP contribution in [0.3, 0.4) is 0 Å². The van der Waals surface area contributed by atoms with E-state index in [9.17, 15) is 18.0 Å². The summed E-state index contributed by atoms with van der Waals surface area (Å²) in [5.74, 6) is -0.889. The first-order valence-electron chi connectivity index (χ1n) is 12.2. The molecule has 39 heavy (non-hydrogen) atoms. The maximum atomic E-state index is 14.0. The van der Waals surface area contributed by atoms with Crippen molar-refractivity contribution in [3.8, 4) is 0 Å². The van der Waals surface area contributed by atoms with E-state index >= 15 is 0 Å². The first kappa shape index (κ1) is 30.9. The van der Waals surface area contributed by atoms with Crippen LogP contribution in [-0.4, -0.2) is 50.5 Å². The van der Waals surface area contributed by atoms with Gasteiger partial charge < -0.3 is 10.2 Å². The number of rotatable bonds is 11. The molecule has 2 amide bonds. The Morgan fingerprint density at radius 1 is 0.974 bits per heavy atom. The molecule has 0 spiro atoms. The number of carbonyl (C=O) groups excluding carboxylic acids is 2. The second kappa shape index (κ2) is 13.7. The lowest BCUT2D eigenvalue weighted by atomic mass is 10.0. The lowest BCUT2D eigenvalue weighted by Crippen LogP contribution is -2.53. The maximum Gasteiger partial charge on any atom is 0.244 e. The van der Waals surface area contributed by atoms with Gasteiger partial charge in [-0.15, -0.1) is 0 Å². The van der Waals surface area contributed by atoms with Crippen molar-refractivity contribution in [2.45, 2.75) is 32.9 Å². The van der Waals surface area contributed by atoms with Crippen molar-refractivity contribution < 1.29 is 18.0 Å². The number of hydrogen-bond donors (Lipinski definition) is 1. The number of likely N-dealkylation sites (N-methyl/N-ethyl adjacent to an activating group) is 1. The van der Waals surface area contributed by atoms with E-state index in [4.69, 9.17) is 23.2 Å². The number of nitrogens with one attached hydrogen (secondary N) is 1. The summed E-state index contributed by atoms with van der Waals surface area (Å²) in [6, 6.07) is 18.4. The molecule has 3 aromatic carbocycles. The largest absolute Gasteiger partial charge is 0.355 e. The lowest BCUT2D eigenvalue weighted by Gasteiger charge is -2.33. The standard InChI is InChI=1S/C28H30BrCl2N3O4S/c1-4-32-28(36)26(16-20-8-6-5-7-9-20)33(17-21-10-13-24(30)25(31)15-21)27(35)18-34(39(3,37)38)22-11-12-23(29)19(2)14-22/h5-15,26H,4,16-18H2,1-3H3,(H,32,36). The SMILES string of the molecule is CCNC(=O)C(Cc1ccccc1)N(Cc1ccc(Cl)c(Cl)c1)C(=O)CN(c1ccc(Br)c(C)c1)S(C)(=O)=O. The van der Waals surface area contributed by atoms with Gasteiger partial charge in [-0.05, 0) is 60.9 Å². The number of benzene rings is 3. The summed E-state index contributed by atoms with van der Waals surface area (Å²) in [5, 5.41) is 3.49. The second-order valence-electron chi connectivity index (χ2n) is 9.07. The third-order valence-electron chi connectivity index (χ3n) is 6.07. The molecule has 3 rings (SSSR count). The monoisotopic (exact) mass is 653 g/mol. The molecule has 0 aromatic heterocycles. The highest BCUT2D eigenvalue weighted by Crippen LogP contribution is 2.27. The van der Waals surface area contributed by atoms with Crippen LogP contribution < -0.4 is 9.62 Å². The molecule has 0 saturated carbocycles. The maximum absolute atomic E-state index is 14.0. The zero-order chi connectivity index (χ0) is 28.7. The minimum Gasteiger partial charge on any atom is -0.355 e. The molecule has 0 fully saturated rings. The molecule has 3 aromatic rings. The average molecular weight is 655 g/mol. The van der Waals surface area contributed by atoms with Gasteiger partial charge in [-0.1, -0.05) is 75.5 Å². The first-order chi connectivity index (χ1) is 18.4. The highest BCUT2D eigenvalue weighted by molar-refractivity contribution is 9.10. The quantitative estimate of drug-likeness (QED) is 0.291. The summed E-state index contributed by atoms with van der Waals surface area (Å²) in [7, 11) is -3.84. The van der Waals surface area contributed by atoms with Crippen LogP contribution in [0.25, 0.3) is 0 Å². The van der Waals surface area contributed by atoms with Crippen LogP contribution in [0.2, 0.25) is 10.0 Å². The molecule has 0 aliphatic carbocycles. The minimum absolute atomic E-state index is 0.0152. The van der Waals surface area contributed by atoms with Gasteiger partial charge in [0.2, 0.25) is 21.8 Å². The predicted octanol–water partition coefficient (Wildman–Crippen LogP) is 5.61. The molecule has 11 heteroatoms. The number of amides is 2. The molecule has 0 heterocycles. The van der Waals surface area contributed by atoms with Crippen molar-refractivity contribution in [2.24, 2.45) is 0 Å². The minimum atomic E-state index is -3.84. The Labute approximate surface area is 248 Å². The molecule has 0 aliphatic heterocycles. The Bertz CT molecular complexity index is 1440. The lowest BCUT2D eigenvalue weighted by molar-refractivity contribution is -0.140. The summed E-state index contributed by atoms with van der Waals surface area (Å²) in [5.41, 5.74) is 2.65. The number of carbonyl (C=O) groups is 2. The molecule has 7 nitrogen and oxygen atoms in total. The zero-order valence-corrected chi connectivity index (χ0v) is 25.7. The Morgan fingerprint density at radius 2 is 1.67 bits per heavy atom. The Morgan fingerprint density at radius 3 is 2.26 bits per heavy atom. The smallest absolute Gasteiger partial charge is 0.244 e. The van der Waals surface area contributed by atoms with Gasteiger partial charge in [0.05, 0.1) is 22.0 Å². The van der Waals surface area contributed by atoms with Crippen LogP contribution in [0.5, 0.6) is 0 Å². The first-order valence-corrected chi connectivity index (χ1v) is 15.6. The molecule has 0 saturated heterocycles. The molecule has 0 bridgehead atoms. The predicted molar refractivity (Wildman–Crippen MR) is 161 cm³/mol. The average Bonchev–Trinajstić information content (AvgIpc) is 2.88. The molecule has 1 N–H and O–H groups in total. The molecular weight excluding hydrogens is 625 g/mol. The number of hydrogen-bond acceptors (Lipinski definition) is 4. The highest BCUT2D eigenvalue weighted by Gasteiger charge is 2.33. The van der Waals surface area contributed by atoms with Gasteiger partial charge in [0.1, 0.15) is 12.6 Å². The fraction of sp³-hybridized carbons (Fsp3) is 0.286. The Hall–Kier alpha value is -2.59. The van der Waals surface area contributed by atoms with E-state index in [0.717, 1.165) is 26.2 Å². The fourth-order valence-corrected chi connectivity index (χ4v) is 5.49. The van der Waals surface area contributed by atoms with E-state index in [2.05, 4.69) is 21.2 Å². The normalized spacial score (nSPS) is 12.1. The van der Waals surface area contributed by atoms with E-state index in [1.165, 1.54) is 4.90 Å². The van der Waals surface area contributed by atoms with Crippen LogP contribution in [0.15, 0.2) is 71.2 Å². The van der Waals surface area contributed by atoms with E-state index in [1.54, 1.807) is 43.3 Å². The van der Waals surface area contributed by atoms with Crippen LogP contribution in [0, 0.1) is 6.92 Å². The van der Waals surface area contributed by atoms with Crippen LogP contribution in [-0.2, 0) is 32.6 Å². The molecule has 208 valence electrons. The zero-order valence-electron chi connectivity index (χ0n) is 21.8. The van der Waals surface area contributed by atoms with E-state index < -0.39 is 28.5 Å². The molecular formula is C28H30BrCl2N3O4S. The van der Waals surface area contributed by atoms with Gasteiger partial charge in [-0.2, -0.15) is 0 Å². The summed E-state index contributed by atoms with van der Waals surface area (Å²) in [4.78, 5) is 28.7. The van der Waals surface area contributed by atoms with Crippen LogP contribution in [0.1, 0.15) is 23.6 Å². The van der Waals surface area contributed by atoms with E-state index in [1.807, 2.05) is 37.3 Å². The third-order valence-corrected chi connectivity index (χ3v) is 8.84. The van der Waals surface area contributed by atoms with E-state index in [0.29, 0.717) is 27.8 Å². The number of anilines is 1. The summed E-state index contributed by atoms with van der Waals surface area (Å²) >= 11 is 15.8. The number of sulfonamides is 1. The number of halogens is 3. The van der Waals surface area contributed by atoms with Gasteiger partial charge in [-0.3, -0.25) is 13.9 Å². The Kier molecular flexibility index (Phi) is 10.8. The summed E-state index contributed by atoms with van der Waals surface area (Å²) in [6.45, 7) is 3.51. The second-order valence-corrected chi connectivity index (χ2v) is 12.6. The molecule has 1 atom stereocenters. The Balaban J connectivity index is 2.07. The summed E-state index contributed by atoms with van der Waals surface area (Å²) in [6.07, 6.45) is 1.28. The van der Waals surface area contributed by atoms with Crippen molar-refractivity contribution in [3.63, 3.8) is 0 Å². The van der Waals surface area contributed by atoms with Gasteiger partial charge >= 0.3 is 0 Å². The molecule has 1 unspecified atom stereocenters. The van der Waals surface area contributed by atoms with Crippen molar-refractivity contribution in [3.05, 3.63) is 97.9 Å². The topological polar surface area (TPSA) is 86.8 Å². The van der Waals surface area contributed by atoms with Crippen molar-refractivity contribution in [1.29, 1.82) is 0 Å². The fourth-order valence-electron chi connectivity index (χ4n) is 4.08. The van der Waals surface area contributed by atoms with Gasteiger partial charge in [-0.25, -0.2) is 8.42 Å². The van der Waals surface area contributed by atoms with Crippen LogP contribution >= 0.6 is 39.1 Å². The highest BCUT2D eigenvalue weighted by atomic mass is 79.9. The molecule has 0 aliphatic rings. The van der Waals surface area contributed by atoms with Crippen molar-refractivity contribution in [1.82, 2.24) is 10.2 Å². The molecule has 0 radical (unpaired) electrons. The van der Waals surface area contributed by atoms with Gasteiger partial charge in [0.25, 0.3) is 0 Å².